The zero-order valence-electron chi connectivity index (χ0n) is 14.9. The number of rotatable bonds is 3. The Hall–Kier alpha value is -3.21. The third kappa shape index (κ3) is 3.04. The number of hydrogen-bond donors (Lipinski definition) is 1. The van der Waals surface area contributed by atoms with Crippen molar-refractivity contribution in [2.75, 3.05) is 16.8 Å². The van der Waals surface area contributed by atoms with Gasteiger partial charge in [-0.3, -0.25) is 4.79 Å². The number of carbonyl (C=O) groups is 1. The molecule has 1 aliphatic heterocycles. The molecule has 4 rings (SSSR count). The standard InChI is InChI=1S/C21H20N4O/c1-14-7-8-18(15(2)11-14)24-21-22-12-17(13-23-21)20(26)25-10-9-16-5-3-4-6-19(16)25/h3-8,11-13H,9-10H2,1-2H3,(H,22,23,24). The minimum Gasteiger partial charge on any atom is -0.324 e. The molecule has 0 fully saturated rings. The molecule has 1 aliphatic rings. The Morgan fingerprint density at radius 2 is 1.85 bits per heavy atom. The molecule has 0 radical (unpaired) electrons. The number of aryl methyl sites for hydroxylation is 2. The zero-order valence-corrected chi connectivity index (χ0v) is 14.9. The lowest BCUT2D eigenvalue weighted by Crippen LogP contribution is -2.29. The van der Waals surface area contributed by atoms with Crippen LogP contribution in [-0.2, 0) is 6.42 Å². The van der Waals surface area contributed by atoms with Crippen molar-refractivity contribution in [3.63, 3.8) is 0 Å². The van der Waals surface area contributed by atoms with E-state index >= 15 is 0 Å². The van der Waals surface area contributed by atoms with Crippen molar-refractivity contribution in [1.82, 2.24) is 9.97 Å². The van der Waals surface area contributed by atoms with Crippen LogP contribution in [0.4, 0.5) is 17.3 Å². The van der Waals surface area contributed by atoms with Crippen LogP contribution in [-0.4, -0.2) is 22.4 Å². The van der Waals surface area contributed by atoms with Gasteiger partial charge in [0, 0.05) is 30.3 Å². The van der Waals surface area contributed by atoms with Gasteiger partial charge in [-0.1, -0.05) is 35.9 Å². The van der Waals surface area contributed by atoms with Crippen LogP contribution in [0.15, 0.2) is 54.9 Å². The molecule has 2 heterocycles. The quantitative estimate of drug-likeness (QED) is 0.779. The first-order chi connectivity index (χ1) is 12.6. The Morgan fingerprint density at radius 3 is 2.62 bits per heavy atom. The number of benzene rings is 2. The molecule has 1 aromatic heterocycles. The summed E-state index contributed by atoms with van der Waals surface area (Å²) in [6, 6.07) is 14.2. The second-order valence-corrected chi connectivity index (χ2v) is 6.57. The Bertz CT molecular complexity index is 966. The van der Waals surface area contributed by atoms with Gasteiger partial charge in [0.25, 0.3) is 5.91 Å². The molecule has 0 spiro atoms. The molecule has 130 valence electrons. The number of aromatic nitrogens is 2. The fourth-order valence-corrected chi connectivity index (χ4v) is 3.28. The maximum Gasteiger partial charge on any atom is 0.261 e. The van der Waals surface area contributed by atoms with Gasteiger partial charge < -0.3 is 10.2 Å². The Labute approximate surface area is 152 Å². The predicted molar refractivity (Wildman–Crippen MR) is 103 cm³/mol. The molecule has 1 N–H and O–H groups in total. The van der Waals surface area contributed by atoms with Crippen LogP contribution in [0.2, 0.25) is 0 Å². The van der Waals surface area contributed by atoms with Crippen molar-refractivity contribution >= 4 is 23.2 Å². The first-order valence-electron chi connectivity index (χ1n) is 8.68. The number of fused-ring (bicyclic) bond motifs is 1. The third-order valence-corrected chi connectivity index (χ3v) is 4.66. The smallest absolute Gasteiger partial charge is 0.261 e. The predicted octanol–water partition coefficient (Wildman–Crippen LogP) is 4.04. The Balaban J connectivity index is 1.52. The molecular weight excluding hydrogens is 324 g/mol. The number of para-hydroxylation sites is 1. The molecular formula is C21H20N4O. The minimum absolute atomic E-state index is 0.0620. The maximum atomic E-state index is 12.8. The third-order valence-electron chi connectivity index (χ3n) is 4.66. The number of hydrogen-bond acceptors (Lipinski definition) is 4. The van der Waals surface area contributed by atoms with E-state index in [0.717, 1.165) is 23.4 Å². The summed E-state index contributed by atoms with van der Waals surface area (Å²) in [6.07, 6.45) is 4.05. The van der Waals surface area contributed by atoms with Gasteiger partial charge in [0.1, 0.15) is 0 Å². The molecule has 0 saturated heterocycles. The fourth-order valence-electron chi connectivity index (χ4n) is 3.28. The lowest BCUT2D eigenvalue weighted by atomic mass is 10.1. The molecule has 5 nitrogen and oxygen atoms in total. The van der Waals surface area contributed by atoms with Crippen LogP contribution in [0.25, 0.3) is 0 Å². The van der Waals surface area contributed by atoms with Crippen molar-refractivity contribution in [2.45, 2.75) is 20.3 Å². The fraction of sp³-hybridized carbons (Fsp3) is 0.190. The number of nitrogens with zero attached hydrogens (tertiary/aromatic N) is 3. The summed E-state index contributed by atoms with van der Waals surface area (Å²) in [5.74, 6) is 0.420. The van der Waals surface area contributed by atoms with Gasteiger partial charge >= 0.3 is 0 Å². The van der Waals surface area contributed by atoms with Crippen molar-refractivity contribution in [3.8, 4) is 0 Å². The molecule has 0 atom stereocenters. The highest BCUT2D eigenvalue weighted by Gasteiger charge is 2.25. The van der Waals surface area contributed by atoms with Gasteiger partial charge in [-0.2, -0.15) is 0 Å². The SMILES string of the molecule is Cc1ccc(Nc2ncc(C(=O)N3CCc4ccccc43)cn2)c(C)c1. The molecule has 0 bridgehead atoms. The van der Waals surface area contributed by atoms with Crippen LogP contribution in [0.1, 0.15) is 27.0 Å². The van der Waals surface area contributed by atoms with Gasteiger partial charge in [0.15, 0.2) is 0 Å². The molecule has 0 unspecified atom stereocenters. The van der Waals surface area contributed by atoms with Gasteiger partial charge in [0.05, 0.1) is 5.56 Å². The first kappa shape index (κ1) is 16.3. The number of amides is 1. The number of carbonyl (C=O) groups excluding carboxylic acids is 1. The average Bonchev–Trinajstić information content (AvgIpc) is 3.08. The van der Waals surface area contributed by atoms with E-state index in [1.807, 2.05) is 37.3 Å². The normalized spacial score (nSPS) is 12.8. The minimum atomic E-state index is -0.0620. The van der Waals surface area contributed by atoms with Gasteiger partial charge in [-0.05, 0) is 43.5 Å². The summed E-state index contributed by atoms with van der Waals surface area (Å²) in [5, 5.41) is 3.20. The maximum absolute atomic E-state index is 12.8. The van der Waals surface area contributed by atoms with Crippen molar-refractivity contribution in [1.29, 1.82) is 0 Å². The first-order valence-corrected chi connectivity index (χ1v) is 8.68. The van der Waals surface area contributed by atoms with Crippen LogP contribution >= 0.6 is 0 Å². The summed E-state index contributed by atoms with van der Waals surface area (Å²) in [5.41, 5.74) is 5.98. The van der Waals surface area contributed by atoms with Crippen LogP contribution in [0.3, 0.4) is 0 Å². The highest BCUT2D eigenvalue weighted by atomic mass is 16.2. The molecule has 3 aromatic rings. The molecule has 5 heteroatoms. The second-order valence-electron chi connectivity index (χ2n) is 6.57. The lowest BCUT2D eigenvalue weighted by Gasteiger charge is -2.17. The van der Waals surface area contributed by atoms with E-state index in [-0.39, 0.29) is 5.91 Å². The van der Waals surface area contributed by atoms with E-state index in [2.05, 4.69) is 34.3 Å². The summed E-state index contributed by atoms with van der Waals surface area (Å²) >= 11 is 0. The van der Waals surface area contributed by atoms with E-state index in [9.17, 15) is 4.79 Å². The molecule has 1 amide bonds. The summed E-state index contributed by atoms with van der Waals surface area (Å²) in [7, 11) is 0. The summed E-state index contributed by atoms with van der Waals surface area (Å²) in [4.78, 5) is 23.2. The van der Waals surface area contributed by atoms with Crippen molar-refractivity contribution < 1.29 is 4.79 Å². The zero-order chi connectivity index (χ0) is 18.1. The Morgan fingerprint density at radius 1 is 1.08 bits per heavy atom. The molecule has 2 aromatic carbocycles. The highest BCUT2D eigenvalue weighted by Crippen LogP contribution is 2.28. The number of nitrogens with one attached hydrogen (secondary N) is 1. The topological polar surface area (TPSA) is 58.1 Å². The van der Waals surface area contributed by atoms with Gasteiger partial charge in [-0.15, -0.1) is 0 Å². The van der Waals surface area contributed by atoms with Crippen molar-refractivity contribution in [2.24, 2.45) is 0 Å². The molecule has 26 heavy (non-hydrogen) atoms. The molecule has 0 saturated carbocycles. The van der Waals surface area contributed by atoms with Crippen LogP contribution in [0.5, 0.6) is 0 Å². The van der Waals surface area contributed by atoms with E-state index in [4.69, 9.17) is 0 Å². The van der Waals surface area contributed by atoms with E-state index in [0.29, 0.717) is 18.1 Å². The Kier molecular flexibility index (Phi) is 4.13. The van der Waals surface area contributed by atoms with Gasteiger partial charge in [-0.25, -0.2) is 9.97 Å². The lowest BCUT2D eigenvalue weighted by molar-refractivity contribution is 0.0988. The highest BCUT2D eigenvalue weighted by molar-refractivity contribution is 6.07. The average molecular weight is 344 g/mol. The van der Waals surface area contributed by atoms with Gasteiger partial charge in [0.2, 0.25) is 5.95 Å². The van der Waals surface area contributed by atoms with E-state index < -0.39 is 0 Å². The van der Waals surface area contributed by atoms with Crippen molar-refractivity contribution in [3.05, 3.63) is 77.1 Å². The summed E-state index contributed by atoms with van der Waals surface area (Å²) < 4.78 is 0. The van der Waals surface area contributed by atoms with Crippen LogP contribution in [0, 0.1) is 13.8 Å². The van der Waals surface area contributed by atoms with E-state index in [1.165, 1.54) is 11.1 Å². The summed E-state index contributed by atoms with van der Waals surface area (Å²) in [6.45, 7) is 4.79. The van der Waals surface area contributed by atoms with E-state index in [1.54, 1.807) is 17.3 Å². The second kappa shape index (κ2) is 6.59. The largest absolute Gasteiger partial charge is 0.324 e. The van der Waals surface area contributed by atoms with Crippen LogP contribution < -0.4 is 10.2 Å². The monoisotopic (exact) mass is 344 g/mol. The number of anilines is 3. The molecule has 0 aliphatic carbocycles.